The van der Waals surface area contributed by atoms with Crippen molar-refractivity contribution in [1.29, 1.82) is 0 Å². The zero-order chi connectivity index (χ0) is 20.3. The predicted molar refractivity (Wildman–Crippen MR) is 110 cm³/mol. The summed E-state index contributed by atoms with van der Waals surface area (Å²) in [6.07, 6.45) is 0.265. The van der Waals surface area contributed by atoms with Crippen LogP contribution in [0.2, 0.25) is 0 Å². The summed E-state index contributed by atoms with van der Waals surface area (Å²) in [6, 6.07) is 14.1. The van der Waals surface area contributed by atoms with Gasteiger partial charge in [0, 0.05) is 22.1 Å². The van der Waals surface area contributed by atoms with Crippen LogP contribution in [-0.4, -0.2) is 15.7 Å². The molecule has 0 aliphatic rings. The van der Waals surface area contributed by atoms with Crippen LogP contribution >= 0.6 is 15.9 Å². The van der Waals surface area contributed by atoms with Crippen molar-refractivity contribution in [2.75, 3.05) is 5.32 Å². The molecule has 144 valence electrons. The number of carbonyl (C=O) groups excluding carboxylic acids is 1. The van der Waals surface area contributed by atoms with E-state index in [9.17, 15) is 14.0 Å². The first kappa shape index (κ1) is 19.9. The molecule has 1 amide bonds. The van der Waals surface area contributed by atoms with Gasteiger partial charge in [0.2, 0.25) is 5.91 Å². The Balaban J connectivity index is 1.86. The van der Waals surface area contributed by atoms with Gasteiger partial charge in [0.1, 0.15) is 11.9 Å². The topological polar surface area (TPSA) is 64.0 Å². The van der Waals surface area contributed by atoms with Crippen molar-refractivity contribution in [2.24, 2.45) is 0 Å². The number of halogens is 2. The largest absolute Gasteiger partial charge is 0.324 e. The van der Waals surface area contributed by atoms with Crippen molar-refractivity contribution >= 4 is 27.5 Å². The van der Waals surface area contributed by atoms with Gasteiger partial charge < -0.3 is 5.32 Å². The molecule has 5 nitrogen and oxygen atoms in total. The Kier molecular flexibility index (Phi) is 6.04. The lowest BCUT2D eigenvalue weighted by Crippen LogP contribution is -2.35. The van der Waals surface area contributed by atoms with E-state index in [0.29, 0.717) is 22.5 Å². The number of rotatable bonds is 5. The summed E-state index contributed by atoms with van der Waals surface area (Å²) in [5.41, 5.74) is 2.01. The predicted octanol–water partition coefficient (Wildman–Crippen LogP) is 4.24. The Morgan fingerprint density at radius 3 is 2.61 bits per heavy atom. The van der Waals surface area contributed by atoms with Gasteiger partial charge in [0.25, 0.3) is 5.56 Å². The number of hydrogen-bond donors (Lipinski definition) is 1. The Morgan fingerprint density at radius 1 is 1.21 bits per heavy atom. The van der Waals surface area contributed by atoms with Crippen molar-refractivity contribution in [3.63, 3.8) is 0 Å². The number of hydrogen-bond acceptors (Lipinski definition) is 3. The van der Waals surface area contributed by atoms with Crippen LogP contribution in [0.25, 0.3) is 0 Å². The van der Waals surface area contributed by atoms with Crippen LogP contribution in [0.4, 0.5) is 10.1 Å². The molecule has 0 aliphatic heterocycles. The molecule has 1 N–H and O–H groups in total. The molecule has 28 heavy (non-hydrogen) atoms. The Hall–Kier alpha value is -2.80. The molecule has 3 rings (SSSR count). The lowest BCUT2D eigenvalue weighted by Gasteiger charge is -2.16. The highest BCUT2D eigenvalue weighted by molar-refractivity contribution is 9.10. The molecule has 1 heterocycles. The first-order valence-electron chi connectivity index (χ1n) is 8.73. The molecule has 0 spiro atoms. The molecular weight excluding hydrogens is 425 g/mol. The maximum Gasteiger partial charge on any atom is 0.271 e. The van der Waals surface area contributed by atoms with E-state index in [1.807, 2.05) is 12.1 Å². The van der Waals surface area contributed by atoms with Crippen molar-refractivity contribution in [3.8, 4) is 0 Å². The van der Waals surface area contributed by atoms with E-state index in [4.69, 9.17) is 0 Å². The molecular formula is C21H19BrFN3O2. The molecule has 1 unspecified atom stereocenters. The van der Waals surface area contributed by atoms with Crippen LogP contribution in [-0.2, 0) is 11.2 Å². The van der Waals surface area contributed by atoms with Crippen LogP contribution in [0.5, 0.6) is 0 Å². The van der Waals surface area contributed by atoms with Gasteiger partial charge in [-0.05, 0) is 61.9 Å². The molecule has 0 radical (unpaired) electrons. The first-order valence-corrected chi connectivity index (χ1v) is 9.53. The number of nitrogens with zero attached hydrogens (tertiary/aromatic N) is 2. The number of aromatic nitrogens is 2. The first-order chi connectivity index (χ1) is 13.3. The van der Waals surface area contributed by atoms with Crippen molar-refractivity contribution in [1.82, 2.24) is 9.78 Å². The SMILES string of the molecule is Cc1cc(Cc2cccc(F)c2)c(=O)n(C(C)C(=O)Nc2ccc(Br)cc2)n1. The highest BCUT2D eigenvalue weighted by atomic mass is 79.9. The van der Waals surface area contributed by atoms with Crippen LogP contribution in [0.1, 0.15) is 29.8 Å². The van der Waals surface area contributed by atoms with Crippen LogP contribution in [0, 0.1) is 12.7 Å². The second-order valence-corrected chi connectivity index (χ2v) is 7.46. The van der Waals surface area contributed by atoms with Crippen LogP contribution in [0.15, 0.2) is 63.9 Å². The number of anilines is 1. The van der Waals surface area contributed by atoms with E-state index in [1.54, 1.807) is 44.2 Å². The molecule has 1 aromatic heterocycles. The fourth-order valence-corrected chi connectivity index (χ4v) is 3.12. The fraction of sp³-hybridized carbons (Fsp3) is 0.190. The monoisotopic (exact) mass is 443 g/mol. The second kappa shape index (κ2) is 8.48. The van der Waals surface area contributed by atoms with Gasteiger partial charge >= 0.3 is 0 Å². The lowest BCUT2D eigenvalue weighted by molar-refractivity contribution is -0.119. The standard InChI is InChI=1S/C21H19BrFN3O2/c1-13-10-16(11-15-4-3-5-18(23)12-15)21(28)26(25-13)14(2)20(27)24-19-8-6-17(22)7-9-19/h3-10,12,14H,11H2,1-2H3,(H,24,27). The smallest absolute Gasteiger partial charge is 0.271 e. The van der Waals surface area contributed by atoms with Gasteiger partial charge in [-0.15, -0.1) is 0 Å². The van der Waals surface area contributed by atoms with E-state index in [1.165, 1.54) is 16.8 Å². The van der Waals surface area contributed by atoms with E-state index < -0.39 is 6.04 Å². The second-order valence-electron chi connectivity index (χ2n) is 6.54. The van der Waals surface area contributed by atoms with Gasteiger partial charge in [-0.2, -0.15) is 5.10 Å². The molecule has 0 saturated carbocycles. The molecule has 0 aliphatic carbocycles. The molecule has 1 atom stereocenters. The maximum atomic E-state index is 13.4. The number of amides is 1. The zero-order valence-corrected chi connectivity index (χ0v) is 17.0. The minimum atomic E-state index is -0.803. The van der Waals surface area contributed by atoms with Gasteiger partial charge in [-0.3, -0.25) is 9.59 Å². The van der Waals surface area contributed by atoms with E-state index in [-0.39, 0.29) is 23.7 Å². The van der Waals surface area contributed by atoms with Crippen molar-refractivity contribution in [3.05, 3.63) is 92.1 Å². The highest BCUT2D eigenvalue weighted by Crippen LogP contribution is 2.16. The Labute approximate surface area is 170 Å². The van der Waals surface area contributed by atoms with E-state index in [2.05, 4.69) is 26.3 Å². The minimum Gasteiger partial charge on any atom is -0.324 e. The summed E-state index contributed by atoms with van der Waals surface area (Å²) < 4.78 is 15.5. The normalized spacial score (nSPS) is 11.9. The minimum absolute atomic E-state index is 0.265. The third kappa shape index (κ3) is 4.72. The zero-order valence-electron chi connectivity index (χ0n) is 15.4. The Morgan fingerprint density at radius 2 is 1.93 bits per heavy atom. The maximum absolute atomic E-state index is 13.4. The summed E-state index contributed by atoms with van der Waals surface area (Å²) in [4.78, 5) is 25.5. The van der Waals surface area contributed by atoms with E-state index in [0.717, 1.165) is 4.47 Å². The number of aryl methyl sites for hydroxylation is 1. The summed E-state index contributed by atoms with van der Waals surface area (Å²) in [6.45, 7) is 3.37. The molecule has 0 fully saturated rings. The third-order valence-corrected chi connectivity index (χ3v) is 4.80. The van der Waals surface area contributed by atoms with Gasteiger partial charge in [0.15, 0.2) is 0 Å². The molecule has 2 aromatic carbocycles. The summed E-state index contributed by atoms with van der Waals surface area (Å²) in [5, 5.41) is 7.01. The molecule has 0 bridgehead atoms. The summed E-state index contributed by atoms with van der Waals surface area (Å²) >= 11 is 3.34. The Bertz CT molecular complexity index is 1060. The van der Waals surface area contributed by atoms with Crippen molar-refractivity contribution < 1.29 is 9.18 Å². The number of nitrogens with one attached hydrogen (secondary N) is 1. The molecule has 0 saturated heterocycles. The number of benzene rings is 2. The van der Waals surface area contributed by atoms with Crippen LogP contribution in [0.3, 0.4) is 0 Å². The quantitative estimate of drug-likeness (QED) is 0.640. The van der Waals surface area contributed by atoms with Crippen LogP contribution < -0.4 is 10.9 Å². The highest BCUT2D eigenvalue weighted by Gasteiger charge is 2.20. The fourth-order valence-electron chi connectivity index (χ4n) is 2.85. The van der Waals surface area contributed by atoms with E-state index >= 15 is 0 Å². The third-order valence-electron chi connectivity index (χ3n) is 4.27. The summed E-state index contributed by atoms with van der Waals surface area (Å²) in [7, 11) is 0. The average Bonchev–Trinajstić information content (AvgIpc) is 2.65. The van der Waals surface area contributed by atoms with Gasteiger partial charge in [-0.25, -0.2) is 9.07 Å². The number of carbonyl (C=O) groups is 1. The average molecular weight is 444 g/mol. The van der Waals surface area contributed by atoms with Gasteiger partial charge in [0.05, 0.1) is 5.69 Å². The van der Waals surface area contributed by atoms with Gasteiger partial charge in [-0.1, -0.05) is 28.1 Å². The summed E-state index contributed by atoms with van der Waals surface area (Å²) in [5.74, 6) is -0.704. The van der Waals surface area contributed by atoms with Crippen molar-refractivity contribution in [2.45, 2.75) is 26.3 Å². The lowest BCUT2D eigenvalue weighted by atomic mass is 10.1. The molecule has 3 aromatic rings. The molecule has 7 heteroatoms.